The smallest absolute Gasteiger partial charge is 0.220 e. The van der Waals surface area contributed by atoms with Gasteiger partial charge in [-0.3, -0.25) is 4.79 Å². The van der Waals surface area contributed by atoms with Crippen molar-refractivity contribution in [3.8, 4) is 0 Å². The number of unbranched alkanes of at least 4 members (excludes halogenated alkanes) is 38. The maximum atomic E-state index is 13.4. The Labute approximate surface area is 518 Å². The van der Waals surface area contributed by atoms with Gasteiger partial charge in [-0.25, -0.2) is 0 Å². The molecule has 3 aliphatic rings. The molecule has 0 aromatic rings. The maximum absolute atomic E-state index is 13.4. The number of carbonyl (C=O) groups excluding carboxylic acids is 1. The predicted molar refractivity (Wildman–Crippen MR) is 333 cm³/mol. The molecule has 0 aromatic carbocycles. The van der Waals surface area contributed by atoms with Gasteiger partial charge in [0.25, 0.3) is 0 Å². The zero-order valence-electron chi connectivity index (χ0n) is 53.6. The second-order valence-corrected chi connectivity index (χ2v) is 25.4. The first-order valence-corrected chi connectivity index (χ1v) is 34.9. The maximum Gasteiger partial charge on any atom is 0.220 e. The molecule has 12 N–H and O–H groups in total. The van der Waals surface area contributed by atoms with Crippen LogP contribution >= 0.6 is 0 Å². The van der Waals surface area contributed by atoms with Crippen molar-refractivity contribution in [3.63, 3.8) is 0 Å². The van der Waals surface area contributed by atoms with Gasteiger partial charge in [0, 0.05) is 6.42 Å². The Hall–Kier alpha value is -1.47. The van der Waals surface area contributed by atoms with E-state index in [1.165, 1.54) is 205 Å². The van der Waals surface area contributed by atoms with Gasteiger partial charge in [-0.1, -0.05) is 264 Å². The fourth-order valence-corrected chi connectivity index (χ4v) is 12.1. The number of hydrogen-bond donors (Lipinski definition) is 12. The molecule has 0 spiro atoms. The summed E-state index contributed by atoms with van der Waals surface area (Å²) in [6.45, 7) is 1.76. The summed E-state index contributed by atoms with van der Waals surface area (Å²) in [5, 5.41) is 120. The molecule has 0 saturated carbocycles. The number of allylic oxidation sites excluding steroid dienone is 1. The molecule has 3 fully saturated rings. The zero-order chi connectivity index (χ0) is 62.6. The fourth-order valence-electron chi connectivity index (χ4n) is 12.1. The molecule has 86 heavy (non-hydrogen) atoms. The van der Waals surface area contributed by atoms with Gasteiger partial charge in [-0.05, 0) is 19.3 Å². The number of aliphatic hydroxyl groups is 11. The first-order valence-electron chi connectivity index (χ1n) is 34.9. The van der Waals surface area contributed by atoms with Crippen LogP contribution in [0.15, 0.2) is 12.2 Å². The monoisotopic (exact) mass is 1230 g/mol. The highest BCUT2D eigenvalue weighted by atomic mass is 16.8. The van der Waals surface area contributed by atoms with Crippen molar-refractivity contribution >= 4 is 5.91 Å². The highest BCUT2D eigenvalue weighted by Gasteiger charge is 2.53. The minimum atomic E-state index is -1.98. The third-order valence-corrected chi connectivity index (χ3v) is 17.8. The lowest BCUT2D eigenvalue weighted by atomic mass is 9.96. The number of ether oxygens (including phenoxy) is 6. The lowest BCUT2D eigenvalue weighted by Crippen LogP contribution is -2.66. The van der Waals surface area contributed by atoms with E-state index in [0.717, 1.165) is 44.9 Å². The molecule has 17 unspecified atom stereocenters. The van der Waals surface area contributed by atoms with Crippen molar-refractivity contribution in [2.75, 3.05) is 26.4 Å². The molecule has 0 aliphatic carbocycles. The summed E-state index contributed by atoms with van der Waals surface area (Å²) in [4.78, 5) is 13.4. The minimum absolute atomic E-state index is 0.249. The summed E-state index contributed by atoms with van der Waals surface area (Å²) < 4.78 is 34.3. The van der Waals surface area contributed by atoms with Gasteiger partial charge in [0.15, 0.2) is 18.9 Å². The van der Waals surface area contributed by atoms with E-state index in [2.05, 4.69) is 19.2 Å². The Kier molecular flexibility index (Phi) is 45.9. The number of amides is 1. The first kappa shape index (κ1) is 78.8. The van der Waals surface area contributed by atoms with Crippen LogP contribution in [-0.4, -0.2) is 193 Å². The summed E-state index contributed by atoms with van der Waals surface area (Å²) >= 11 is 0. The van der Waals surface area contributed by atoms with Gasteiger partial charge in [0.2, 0.25) is 5.91 Å². The van der Waals surface area contributed by atoms with Gasteiger partial charge in [-0.2, -0.15) is 0 Å². The van der Waals surface area contributed by atoms with Crippen LogP contribution in [0.3, 0.4) is 0 Å². The quantitative estimate of drug-likeness (QED) is 0.0200. The van der Waals surface area contributed by atoms with E-state index in [4.69, 9.17) is 28.4 Å². The first-order chi connectivity index (χ1) is 41.8. The van der Waals surface area contributed by atoms with Gasteiger partial charge < -0.3 is 89.9 Å². The Balaban J connectivity index is 1.42. The molecule has 0 bridgehead atoms. The third kappa shape index (κ3) is 32.2. The van der Waals surface area contributed by atoms with Crippen molar-refractivity contribution in [3.05, 3.63) is 12.2 Å². The molecule has 3 heterocycles. The number of aliphatic hydroxyl groups excluding tert-OH is 11. The summed E-state index contributed by atoms with van der Waals surface area (Å²) in [5.74, 6) is -0.271. The molecule has 3 rings (SSSR count). The zero-order valence-corrected chi connectivity index (χ0v) is 53.6. The third-order valence-electron chi connectivity index (χ3n) is 17.8. The van der Waals surface area contributed by atoms with E-state index in [9.17, 15) is 61.0 Å². The van der Waals surface area contributed by atoms with E-state index < -0.39 is 124 Å². The van der Waals surface area contributed by atoms with Crippen LogP contribution < -0.4 is 5.32 Å². The molecule has 17 atom stereocenters. The summed E-state index contributed by atoms with van der Waals surface area (Å²) in [7, 11) is 0. The van der Waals surface area contributed by atoms with Crippen molar-refractivity contribution in [2.24, 2.45) is 0 Å². The molecular formula is C67H127NO18. The average Bonchev–Trinajstić information content (AvgIpc) is 2.32. The van der Waals surface area contributed by atoms with Gasteiger partial charge >= 0.3 is 0 Å². The molecule has 19 nitrogen and oxygen atoms in total. The second-order valence-electron chi connectivity index (χ2n) is 25.4. The summed E-state index contributed by atoms with van der Waals surface area (Å²) in [6, 6.07) is -0.968. The van der Waals surface area contributed by atoms with Crippen LogP contribution in [0.1, 0.15) is 277 Å². The van der Waals surface area contributed by atoms with Crippen LogP contribution in [0, 0.1) is 0 Å². The lowest BCUT2D eigenvalue weighted by molar-refractivity contribution is -0.379. The van der Waals surface area contributed by atoms with E-state index in [-0.39, 0.29) is 18.9 Å². The SMILES string of the molecule is CCCCCCCCCCCCCCCCCCCCCCCCCCC/C=C/C(O)C(COC1OC(CO)C(OC2OC(CO)C(OC3OC(CO)C(O)C(O)C3O)C(O)C2O)C(O)C1O)NC(=O)CCCCCCCCCCCCCCCC. The normalized spacial score (nSPS) is 28.8. The molecule has 0 aromatic heterocycles. The number of carbonyl (C=O) groups is 1. The lowest BCUT2D eigenvalue weighted by Gasteiger charge is -2.48. The van der Waals surface area contributed by atoms with E-state index >= 15 is 0 Å². The second kappa shape index (κ2) is 50.1. The average molecular weight is 1230 g/mol. The highest BCUT2D eigenvalue weighted by molar-refractivity contribution is 5.76. The van der Waals surface area contributed by atoms with Gasteiger partial charge in [-0.15, -0.1) is 0 Å². The molecule has 508 valence electrons. The van der Waals surface area contributed by atoms with Gasteiger partial charge in [0.05, 0.1) is 38.6 Å². The van der Waals surface area contributed by atoms with Crippen molar-refractivity contribution in [1.82, 2.24) is 5.32 Å². The molecular weight excluding hydrogens is 1110 g/mol. The topological polar surface area (TPSA) is 307 Å². The fraction of sp³-hybridized carbons (Fsp3) is 0.955. The molecule has 1 amide bonds. The molecule has 0 radical (unpaired) electrons. The largest absolute Gasteiger partial charge is 0.394 e. The van der Waals surface area contributed by atoms with E-state index in [1.807, 2.05) is 6.08 Å². The van der Waals surface area contributed by atoms with Crippen molar-refractivity contribution in [2.45, 2.75) is 381 Å². The minimum Gasteiger partial charge on any atom is -0.394 e. The Morgan fingerprint density at radius 3 is 1.09 bits per heavy atom. The molecule has 19 heteroatoms. The van der Waals surface area contributed by atoms with Crippen molar-refractivity contribution < 1.29 is 89.4 Å². The van der Waals surface area contributed by atoms with Crippen LogP contribution in [-0.2, 0) is 33.2 Å². The van der Waals surface area contributed by atoms with E-state index in [0.29, 0.717) is 6.42 Å². The van der Waals surface area contributed by atoms with Crippen molar-refractivity contribution in [1.29, 1.82) is 0 Å². The number of nitrogens with one attached hydrogen (secondary N) is 1. The van der Waals surface area contributed by atoms with E-state index in [1.54, 1.807) is 6.08 Å². The molecule has 3 saturated heterocycles. The summed E-state index contributed by atoms with van der Waals surface area (Å²) in [5.41, 5.74) is 0. The number of hydrogen-bond acceptors (Lipinski definition) is 18. The Morgan fingerprint density at radius 2 is 0.721 bits per heavy atom. The van der Waals surface area contributed by atoms with Crippen LogP contribution in [0.4, 0.5) is 0 Å². The predicted octanol–water partition coefficient (Wildman–Crippen LogP) is 8.89. The standard InChI is InChI=1S/C67H127NO18/c1-3-5-7-9-11-13-15-17-19-20-21-22-23-24-25-26-27-28-29-30-31-32-34-36-38-40-42-44-51(72)50(68-55(73)45-43-41-39-37-35-33-18-16-14-12-10-8-6-4-2)49-81-65-61(79)58(76)63(53(47-70)83-65)86-67-62(80)59(77)64(54(48-71)84-67)85-66-60(78)57(75)56(74)52(46-69)82-66/h42,44,50-54,56-67,69-72,74-80H,3-41,43,45-49H2,1-2H3,(H,68,73)/b44-42+. The Bertz CT molecular complexity index is 1620. The van der Waals surface area contributed by atoms with Crippen LogP contribution in [0.25, 0.3) is 0 Å². The Morgan fingerprint density at radius 1 is 0.407 bits per heavy atom. The molecule has 3 aliphatic heterocycles. The van der Waals surface area contributed by atoms with Crippen LogP contribution in [0.5, 0.6) is 0 Å². The van der Waals surface area contributed by atoms with Gasteiger partial charge in [0.1, 0.15) is 73.2 Å². The summed E-state index contributed by atoms with van der Waals surface area (Å²) in [6.07, 6.45) is 27.7. The highest BCUT2D eigenvalue weighted by Crippen LogP contribution is 2.33. The number of rotatable bonds is 54. The van der Waals surface area contributed by atoms with Crippen LogP contribution in [0.2, 0.25) is 0 Å².